The topological polar surface area (TPSA) is 18.5 Å². The predicted molar refractivity (Wildman–Crippen MR) is 59.0 cm³/mol. The van der Waals surface area contributed by atoms with Crippen molar-refractivity contribution in [2.75, 3.05) is 14.2 Å². The lowest BCUT2D eigenvalue weighted by Crippen LogP contribution is -1.97. The second kappa shape index (κ2) is 4.28. The van der Waals surface area contributed by atoms with Crippen molar-refractivity contribution in [1.29, 1.82) is 0 Å². The summed E-state index contributed by atoms with van der Waals surface area (Å²) in [6.07, 6.45) is 0. The normalized spacial score (nSPS) is 10.1. The summed E-state index contributed by atoms with van der Waals surface area (Å²) in [6, 6.07) is 0. The van der Waals surface area contributed by atoms with Crippen LogP contribution in [0.25, 0.3) is 0 Å². The summed E-state index contributed by atoms with van der Waals surface area (Å²) in [5, 5.41) is 0.913. The molecule has 0 aromatic heterocycles. The van der Waals surface area contributed by atoms with Gasteiger partial charge in [-0.05, 0) is 25.0 Å². The Hall–Kier alpha value is -0.600. The summed E-state index contributed by atoms with van der Waals surface area (Å²) in [7, 11) is 3.11. The van der Waals surface area contributed by atoms with E-state index in [-0.39, 0.29) is 0 Å². The monoisotopic (exact) mass is 234 g/mol. The summed E-state index contributed by atoms with van der Waals surface area (Å²) in [5.74, 6) is 1.13. The molecule has 0 saturated carbocycles. The second-order valence-electron chi connectivity index (χ2n) is 2.94. The molecule has 1 aromatic carbocycles. The van der Waals surface area contributed by atoms with Gasteiger partial charge in [0, 0.05) is 0 Å². The average Bonchev–Trinajstić information content (AvgIpc) is 2.20. The third kappa shape index (κ3) is 1.64. The number of ether oxygens (including phenoxy) is 2. The number of rotatable bonds is 2. The molecule has 14 heavy (non-hydrogen) atoms. The molecule has 2 nitrogen and oxygen atoms in total. The zero-order valence-electron chi connectivity index (χ0n) is 8.57. The quantitative estimate of drug-likeness (QED) is 0.779. The van der Waals surface area contributed by atoms with E-state index in [1.807, 2.05) is 13.8 Å². The van der Waals surface area contributed by atoms with Gasteiger partial charge in [-0.25, -0.2) is 0 Å². The minimum Gasteiger partial charge on any atom is -0.493 e. The minimum absolute atomic E-state index is 0.397. The zero-order chi connectivity index (χ0) is 10.9. The number of halogens is 2. The summed E-state index contributed by atoms with van der Waals surface area (Å²) < 4.78 is 10.4. The maximum Gasteiger partial charge on any atom is 0.181 e. The molecule has 0 heterocycles. The largest absolute Gasteiger partial charge is 0.493 e. The number of benzene rings is 1. The molecule has 0 N–H and O–H groups in total. The molecule has 0 atom stereocenters. The molecule has 1 rings (SSSR count). The van der Waals surface area contributed by atoms with Crippen LogP contribution in [-0.2, 0) is 0 Å². The van der Waals surface area contributed by atoms with Gasteiger partial charge in [0.2, 0.25) is 0 Å². The fourth-order valence-corrected chi connectivity index (χ4v) is 1.83. The van der Waals surface area contributed by atoms with Crippen LogP contribution in [-0.4, -0.2) is 14.2 Å². The van der Waals surface area contributed by atoms with E-state index in [1.165, 1.54) is 7.11 Å². The van der Waals surface area contributed by atoms with Crippen molar-refractivity contribution in [2.24, 2.45) is 0 Å². The first-order valence-corrected chi connectivity index (χ1v) is 4.86. The van der Waals surface area contributed by atoms with Crippen LogP contribution in [0.2, 0.25) is 10.0 Å². The van der Waals surface area contributed by atoms with Gasteiger partial charge in [0.1, 0.15) is 5.02 Å². The van der Waals surface area contributed by atoms with Crippen LogP contribution < -0.4 is 9.47 Å². The third-order valence-electron chi connectivity index (χ3n) is 2.24. The molecule has 4 heteroatoms. The highest BCUT2D eigenvalue weighted by Gasteiger charge is 2.18. The number of methoxy groups -OCH3 is 2. The maximum absolute atomic E-state index is 6.03. The SMILES string of the molecule is COc1c(C)c(C)c(Cl)c(Cl)c1OC. The Kier molecular flexibility index (Phi) is 3.51. The number of hydrogen-bond donors (Lipinski definition) is 0. The maximum atomic E-state index is 6.03. The van der Waals surface area contributed by atoms with Gasteiger partial charge in [0.05, 0.1) is 19.2 Å². The van der Waals surface area contributed by atoms with E-state index in [1.54, 1.807) is 7.11 Å². The molecule has 0 unspecified atom stereocenters. The molecule has 0 radical (unpaired) electrons. The molecular weight excluding hydrogens is 223 g/mol. The van der Waals surface area contributed by atoms with Crippen molar-refractivity contribution < 1.29 is 9.47 Å². The van der Waals surface area contributed by atoms with Crippen molar-refractivity contribution in [3.05, 3.63) is 21.2 Å². The highest BCUT2D eigenvalue weighted by molar-refractivity contribution is 6.43. The van der Waals surface area contributed by atoms with Gasteiger partial charge in [0.15, 0.2) is 11.5 Å². The standard InChI is InChI=1S/C10H12Cl2O2/c1-5-6(2)9(13-3)10(14-4)8(12)7(5)11/h1-4H3. The molecular formula is C10H12Cl2O2. The zero-order valence-corrected chi connectivity index (χ0v) is 10.1. The molecule has 0 fully saturated rings. The van der Waals surface area contributed by atoms with E-state index < -0.39 is 0 Å². The van der Waals surface area contributed by atoms with Gasteiger partial charge in [-0.3, -0.25) is 0 Å². The highest BCUT2D eigenvalue weighted by Crippen LogP contribution is 2.44. The lowest BCUT2D eigenvalue weighted by molar-refractivity contribution is 0.353. The van der Waals surface area contributed by atoms with Crippen LogP contribution in [0.5, 0.6) is 11.5 Å². The predicted octanol–water partition coefficient (Wildman–Crippen LogP) is 3.63. The molecule has 1 aromatic rings. The minimum atomic E-state index is 0.397. The fourth-order valence-electron chi connectivity index (χ4n) is 1.30. The van der Waals surface area contributed by atoms with E-state index in [4.69, 9.17) is 32.7 Å². The lowest BCUT2D eigenvalue weighted by Gasteiger charge is -2.15. The summed E-state index contributed by atoms with van der Waals surface area (Å²) >= 11 is 12.0. The van der Waals surface area contributed by atoms with Crippen LogP contribution in [0.3, 0.4) is 0 Å². The van der Waals surface area contributed by atoms with Gasteiger partial charge in [-0.2, -0.15) is 0 Å². The molecule has 0 aliphatic heterocycles. The van der Waals surface area contributed by atoms with Gasteiger partial charge < -0.3 is 9.47 Å². The van der Waals surface area contributed by atoms with Crippen LogP contribution in [0.15, 0.2) is 0 Å². The molecule has 0 saturated heterocycles. The first-order chi connectivity index (χ1) is 6.54. The average molecular weight is 235 g/mol. The van der Waals surface area contributed by atoms with E-state index >= 15 is 0 Å². The molecule has 0 spiro atoms. The Labute approximate surface area is 93.7 Å². The van der Waals surface area contributed by atoms with Crippen molar-refractivity contribution >= 4 is 23.2 Å². The second-order valence-corrected chi connectivity index (χ2v) is 3.70. The van der Waals surface area contributed by atoms with E-state index in [2.05, 4.69) is 0 Å². The lowest BCUT2D eigenvalue weighted by atomic mass is 10.1. The Bertz CT molecular complexity index is 327. The Balaban J connectivity index is 3.57. The summed E-state index contributed by atoms with van der Waals surface area (Å²) in [6.45, 7) is 3.81. The van der Waals surface area contributed by atoms with Gasteiger partial charge >= 0.3 is 0 Å². The first-order valence-electron chi connectivity index (χ1n) is 4.10. The van der Waals surface area contributed by atoms with E-state index in [9.17, 15) is 0 Å². The van der Waals surface area contributed by atoms with Gasteiger partial charge in [0.25, 0.3) is 0 Å². The Morgan fingerprint density at radius 2 is 1.29 bits per heavy atom. The van der Waals surface area contributed by atoms with Crippen molar-refractivity contribution in [1.82, 2.24) is 0 Å². The van der Waals surface area contributed by atoms with Crippen molar-refractivity contribution in [3.8, 4) is 11.5 Å². The summed E-state index contributed by atoms with van der Waals surface area (Å²) in [5.41, 5.74) is 1.85. The smallest absolute Gasteiger partial charge is 0.181 e. The third-order valence-corrected chi connectivity index (χ3v) is 3.17. The molecule has 78 valence electrons. The van der Waals surface area contributed by atoms with E-state index in [0.717, 1.165) is 11.1 Å². The summed E-state index contributed by atoms with van der Waals surface area (Å²) in [4.78, 5) is 0. The van der Waals surface area contributed by atoms with Crippen molar-refractivity contribution in [2.45, 2.75) is 13.8 Å². The Morgan fingerprint density at radius 3 is 1.71 bits per heavy atom. The van der Waals surface area contributed by atoms with Crippen LogP contribution in [0.1, 0.15) is 11.1 Å². The highest BCUT2D eigenvalue weighted by atomic mass is 35.5. The van der Waals surface area contributed by atoms with Gasteiger partial charge in [-0.15, -0.1) is 0 Å². The molecule has 0 amide bonds. The number of hydrogen-bond acceptors (Lipinski definition) is 2. The fraction of sp³-hybridized carbons (Fsp3) is 0.400. The molecule has 0 aliphatic carbocycles. The molecule has 0 bridgehead atoms. The van der Waals surface area contributed by atoms with Crippen LogP contribution in [0.4, 0.5) is 0 Å². The van der Waals surface area contributed by atoms with Crippen LogP contribution in [0, 0.1) is 13.8 Å². The van der Waals surface area contributed by atoms with E-state index in [0.29, 0.717) is 21.5 Å². The van der Waals surface area contributed by atoms with Crippen molar-refractivity contribution in [3.63, 3.8) is 0 Å². The van der Waals surface area contributed by atoms with Gasteiger partial charge in [-0.1, -0.05) is 23.2 Å². The van der Waals surface area contributed by atoms with Crippen LogP contribution >= 0.6 is 23.2 Å². The molecule has 0 aliphatic rings. The Morgan fingerprint density at radius 1 is 0.786 bits per heavy atom. The first kappa shape index (κ1) is 11.5.